The van der Waals surface area contributed by atoms with Crippen molar-refractivity contribution in [3.8, 4) is 5.75 Å². The molecule has 0 bridgehead atoms. The first-order valence-corrected chi connectivity index (χ1v) is 7.30. The molecule has 3 nitrogen and oxygen atoms in total. The van der Waals surface area contributed by atoms with Crippen molar-refractivity contribution >= 4 is 17.3 Å². The first-order chi connectivity index (χ1) is 10.1. The van der Waals surface area contributed by atoms with Gasteiger partial charge >= 0.3 is 0 Å². The van der Waals surface area contributed by atoms with E-state index in [1.165, 1.54) is 5.56 Å². The van der Waals surface area contributed by atoms with Crippen molar-refractivity contribution in [2.24, 2.45) is 5.73 Å². The molecule has 0 amide bonds. The molecular formula is C17H21ClN2O. The summed E-state index contributed by atoms with van der Waals surface area (Å²) in [5.74, 6) is 0.831. The maximum Gasteiger partial charge on any atom is 0.120 e. The molecule has 0 aliphatic heterocycles. The van der Waals surface area contributed by atoms with E-state index >= 15 is 0 Å². The fourth-order valence-electron chi connectivity index (χ4n) is 2.35. The number of methoxy groups -OCH3 is 1. The lowest BCUT2D eigenvalue weighted by molar-refractivity contribution is 0.414. The van der Waals surface area contributed by atoms with Gasteiger partial charge in [0.2, 0.25) is 0 Å². The standard InChI is InChI=1S/C17H21ClN2O/c1-12(13-4-7-15(18)8-5-13)20(2)17-10-16(21-3)9-6-14(17)11-19/h4-10,12H,11,19H2,1-3H3. The van der Waals surface area contributed by atoms with Crippen LogP contribution in [-0.4, -0.2) is 14.2 Å². The summed E-state index contributed by atoms with van der Waals surface area (Å²) >= 11 is 5.95. The molecule has 0 aliphatic rings. The first-order valence-electron chi connectivity index (χ1n) is 6.92. The molecule has 2 rings (SSSR count). The third-order valence-electron chi connectivity index (χ3n) is 3.83. The molecule has 0 saturated heterocycles. The van der Waals surface area contributed by atoms with E-state index in [2.05, 4.69) is 18.9 Å². The lowest BCUT2D eigenvalue weighted by Gasteiger charge is -2.29. The molecule has 1 unspecified atom stereocenters. The molecule has 0 radical (unpaired) electrons. The van der Waals surface area contributed by atoms with E-state index < -0.39 is 0 Å². The quantitative estimate of drug-likeness (QED) is 0.907. The Morgan fingerprint density at radius 2 is 1.86 bits per heavy atom. The van der Waals surface area contributed by atoms with Gasteiger partial charge in [-0.25, -0.2) is 0 Å². The number of hydrogen-bond acceptors (Lipinski definition) is 3. The van der Waals surface area contributed by atoms with Crippen LogP contribution in [0.2, 0.25) is 5.02 Å². The van der Waals surface area contributed by atoms with Gasteiger partial charge in [-0.15, -0.1) is 0 Å². The number of rotatable bonds is 5. The van der Waals surface area contributed by atoms with Crippen LogP contribution in [-0.2, 0) is 6.54 Å². The number of nitrogens with two attached hydrogens (primary N) is 1. The fourth-order valence-corrected chi connectivity index (χ4v) is 2.47. The summed E-state index contributed by atoms with van der Waals surface area (Å²) in [6.07, 6.45) is 0. The summed E-state index contributed by atoms with van der Waals surface area (Å²) in [5.41, 5.74) is 9.23. The minimum atomic E-state index is 0.208. The molecule has 2 N–H and O–H groups in total. The number of halogens is 1. The Kier molecular flexibility index (Phi) is 5.10. The van der Waals surface area contributed by atoms with Crippen molar-refractivity contribution in [3.63, 3.8) is 0 Å². The molecule has 112 valence electrons. The van der Waals surface area contributed by atoms with E-state index in [1.807, 2.05) is 42.5 Å². The largest absolute Gasteiger partial charge is 0.497 e. The van der Waals surface area contributed by atoms with E-state index in [9.17, 15) is 0 Å². The highest BCUT2D eigenvalue weighted by atomic mass is 35.5. The smallest absolute Gasteiger partial charge is 0.120 e. The van der Waals surface area contributed by atoms with Crippen molar-refractivity contribution in [3.05, 3.63) is 58.6 Å². The molecule has 4 heteroatoms. The minimum absolute atomic E-state index is 0.208. The SMILES string of the molecule is COc1ccc(CN)c(N(C)C(C)c2ccc(Cl)cc2)c1. The minimum Gasteiger partial charge on any atom is -0.497 e. The van der Waals surface area contributed by atoms with Crippen molar-refractivity contribution < 1.29 is 4.74 Å². The molecule has 0 saturated carbocycles. The Morgan fingerprint density at radius 1 is 1.19 bits per heavy atom. The van der Waals surface area contributed by atoms with E-state index in [0.717, 1.165) is 22.0 Å². The summed E-state index contributed by atoms with van der Waals surface area (Å²) in [6, 6.07) is 14.1. The summed E-state index contributed by atoms with van der Waals surface area (Å²) in [6.45, 7) is 2.65. The third kappa shape index (κ3) is 3.49. The topological polar surface area (TPSA) is 38.5 Å². The molecular weight excluding hydrogens is 284 g/mol. The van der Waals surface area contributed by atoms with E-state index in [1.54, 1.807) is 7.11 Å². The summed E-state index contributed by atoms with van der Waals surface area (Å²) < 4.78 is 5.32. The van der Waals surface area contributed by atoms with E-state index in [4.69, 9.17) is 22.1 Å². The Hall–Kier alpha value is -1.71. The van der Waals surface area contributed by atoms with Crippen molar-refractivity contribution in [2.75, 3.05) is 19.1 Å². The molecule has 21 heavy (non-hydrogen) atoms. The van der Waals surface area contributed by atoms with Crippen molar-refractivity contribution in [2.45, 2.75) is 19.5 Å². The number of hydrogen-bond donors (Lipinski definition) is 1. The van der Waals surface area contributed by atoms with Gasteiger partial charge in [0, 0.05) is 30.4 Å². The van der Waals surface area contributed by atoms with Gasteiger partial charge in [-0.2, -0.15) is 0 Å². The molecule has 0 aliphatic carbocycles. The molecule has 2 aromatic carbocycles. The molecule has 0 heterocycles. The Morgan fingerprint density at radius 3 is 2.43 bits per heavy atom. The lowest BCUT2D eigenvalue weighted by atomic mass is 10.0. The van der Waals surface area contributed by atoms with Gasteiger partial charge in [-0.1, -0.05) is 29.8 Å². The van der Waals surface area contributed by atoms with Crippen LogP contribution in [0, 0.1) is 0 Å². The maximum absolute atomic E-state index is 5.95. The van der Waals surface area contributed by atoms with E-state index in [0.29, 0.717) is 6.54 Å². The van der Waals surface area contributed by atoms with Crippen LogP contribution >= 0.6 is 11.6 Å². The number of benzene rings is 2. The van der Waals surface area contributed by atoms with Crippen LogP contribution in [0.15, 0.2) is 42.5 Å². The van der Waals surface area contributed by atoms with Crippen LogP contribution < -0.4 is 15.4 Å². The summed E-state index contributed by atoms with van der Waals surface area (Å²) in [7, 11) is 3.73. The van der Waals surface area contributed by atoms with Gasteiger partial charge in [0.05, 0.1) is 13.2 Å². The highest BCUT2D eigenvalue weighted by molar-refractivity contribution is 6.30. The zero-order valence-electron chi connectivity index (χ0n) is 12.6. The lowest BCUT2D eigenvalue weighted by Crippen LogP contribution is -2.23. The van der Waals surface area contributed by atoms with Crippen LogP contribution in [0.5, 0.6) is 5.75 Å². The molecule has 0 spiro atoms. The van der Waals surface area contributed by atoms with Crippen LogP contribution in [0.4, 0.5) is 5.69 Å². The second-order valence-electron chi connectivity index (χ2n) is 5.04. The summed E-state index contributed by atoms with van der Waals surface area (Å²) in [4.78, 5) is 2.20. The average molecular weight is 305 g/mol. The van der Waals surface area contributed by atoms with Crippen LogP contribution in [0.25, 0.3) is 0 Å². The molecule has 0 fully saturated rings. The fraction of sp³-hybridized carbons (Fsp3) is 0.294. The van der Waals surface area contributed by atoms with Gasteiger partial charge in [0.1, 0.15) is 5.75 Å². The summed E-state index contributed by atoms with van der Waals surface area (Å²) in [5, 5.41) is 0.748. The highest BCUT2D eigenvalue weighted by Crippen LogP contribution is 2.31. The Labute approximate surface area is 131 Å². The zero-order valence-corrected chi connectivity index (χ0v) is 13.4. The Balaban J connectivity index is 2.33. The first kappa shape index (κ1) is 15.7. The van der Waals surface area contributed by atoms with Gasteiger partial charge in [0.25, 0.3) is 0 Å². The van der Waals surface area contributed by atoms with Gasteiger partial charge in [-0.05, 0) is 36.2 Å². The molecule has 2 aromatic rings. The number of anilines is 1. The number of nitrogens with zero attached hydrogens (tertiary/aromatic N) is 1. The molecule has 1 atom stereocenters. The maximum atomic E-state index is 5.95. The van der Waals surface area contributed by atoms with Gasteiger partial charge < -0.3 is 15.4 Å². The van der Waals surface area contributed by atoms with Crippen molar-refractivity contribution in [1.82, 2.24) is 0 Å². The third-order valence-corrected chi connectivity index (χ3v) is 4.08. The highest BCUT2D eigenvalue weighted by Gasteiger charge is 2.15. The predicted molar refractivity (Wildman–Crippen MR) is 89.2 cm³/mol. The van der Waals surface area contributed by atoms with Crippen LogP contribution in [0.3, 0.4) is 0 Å². The molecule has 0 aromatic heterocycles. The second kappa shape index (κ2) is 6.83. The van der Waals surface area contributed by atoms with Gasteiger partial charge in [-0.3, -0.25) is 0 Å². The predicted octanol–water partition coefficient (Wildman–Crippen LogP) is 4.00. The van der Waals surface area contributed by atoms with Crippen LogP contribution in [0.1, 0.15) is 24.1 Å². The monoisotopic (exact) mass is 304 g/mol. The van der Waals surface area contributed by atoms with Gasteiger partial charge in [0.15, 0.2) is 0 Å². The van der Waals surface area contributed by atoms with Crippen molar-refractivity contribution in [1.29, 1.82) is 0 Å². The second-order valence-corrected chi connectivity index (χ2v) is 5.47. The normalized spacial score (nSPS) is 12.0. The average Bonchev–Trinajstić information content (AvgIpc) is 2.53. The zero-order chi connectivity index (χ0) is 15.4. The number of ether oxygens (including phenoxy) is 1. The van der Waals surface area contributed by atoms with E-state index in [-0.39, 0.29) is 6.04 Å². The Bertz CT molecular complexity index is 598.